The number of nitrogens with zero attached hydrogens (tertiary/aromatic N) is 1. The number of hydrogen-bond donors (Lipinski definition) is 2. The molecule has 0 bridgehead atoms. The fraction of sp³-hybridized carbons (Fsp3) is 0.692. The third-order valence-electron chi connectivity index (χ3n) is 3.29. The number of carbonyl (C=O) groups is 2. The number of nitrogens with one attached hydrogen (secondary N) is 1. The zero-order valence-electron chi connectivity index (χ0n) is 10.8. The van der Waals surface area contributed by atoms with Gasteiger partial charge in [0.25, 0.3) is 0 Å². The van der Waals surface area contributed by atoms with Crippen molar-refractivity contribution in [2.24, 2.45) is 5.73 Å². The molecule has 2 unspecified atom stereocenters. The van der Waals surface area contributed by atoms with Crippen LogP contribution >= 0.6 is 0 Å². The fourth-order valence-electron chi connectivity index (χ4n) is 2.04. The normalized spacial score (nSPS) is 24.4. The van der Waals surface area contributed by atoms with Gasteiger partial charge in [0.15, 0.2) is 0 Å². The van der Waals surface area contributed by atoms with E-state index in [1.165, 1.54) is 4.90 Å². The van der Waals surface area contributed by atoms with Gasteiger partial charge in [-0.25, -0.2) is 0 Å². The highest BCUT2D eigenvalue weighted by atomic mass is 16.5. The van der Waals surface area contributed by atoms with Crippen LogP contribution in [-0.2, 0) is 14.3 Å². The summed E-state index contributed by atoms with van der Waals surface area (Å²) in [4.78, 5) is 25.7. The SMILES string of the molecule is C#CCC(N)C(=O)N1CCOCC1C(=O)NC1CC1. The number of nitrogens with two attached hydrogens (primary N) is 1. The first kappa shape index (κ1) is 13.8. The van der Waals surface area contributed by atoms with Gasteiger partial charge in [-0.1, -0.05) is 0 Å². The lowest BCUT2D eigenvalue weighted by Gasteiger charge is -2.35. The molecule has 0 aromatic rings. The lowest BCUT2D eigenvalue weighted by molar-refractivity contribution is -0.149. The largest absolute Gasteiger partial charge is 0.377 e. The minimum Gasteiger partial charge on any atom is -0.377 e. The van der Waals surface area contributed by atoms with E-state index in [2.05, 4.69) is 11.2 Å². The first-order valence-corrected chi connectivity index (χ1v) is 6.51. The maximum atomic E-state index is 12.2. The molecular weight excluding hydrogens is 246 g/mol. The van der Waals surface area contributed by atoms with Crippen LogP contribution in [0.2, 0.25) is 0 Å². The van der Waals surface area contributed by atoms with Gasteiger partial charge in [0.05, 0.1) is 19.3 Å². The molecule has 2 atom stereocenters. The highest BCUT2D eigenvalue weighted by Gasteiger charge is 2.36. The highest BCUT2D eigenvalue weighted by molar-refractivity contribution is 5.90. The van der Waals surface area contributed by atoms with Crippen LogP contribution in [0.4, 0.5) is 0 Å². The first-order valence-electron chi connectivity index (χ1n) is 6.51. The van der Waals surface area contributed by atoms with Crippen molar-refractivity contribution < 1.29 is 14.3 Å². The van der Waals surface area contributed by atoms with E-state index in [1.807, 2.05) is 0 Å². The van der Waals surface area contributed by atoms with Crippen molar-refractivity contribution in [1.29, 1.82) is 0 Å². The molecule has 2 amide bonds. The van der Waals surface area contributed by atoms with Gasteiger partial charge < -0.3 is 20.7 Å². The van der Waals surface area contributed by atoms with E-state index < -0.39 is 12.1 Å². The summed E-state index contributed by atoms with van der Waals surface area (Å²) < 4.78 is 5.29. The van der Waals surface area contributed by atoms with Crippen LogP contribution in [0.5, 0.6) is 0 Å². The summed E-state index contributed by atoms with van der Waals surface area (Å²) in [5.74, 6) is 1.93. The molecule has 1 aliphatic carbocycles. The Morgan fingerprint density at radius 2 is 2.26 bits per heavy atom. The molecule has 1 heterocycles. The van der Waals surface area contributed by atoms with E-state index in [-0.39, 0.29) is 30.9 Å². The summed E-state index contributed by atoms with van der Waals surface area (Å²) >= 11 is 0. The van der Waals surface area contributed by atoms with E-state index in [4.69, 9.17) is 16.9 Å². The Bertz CT molecular complexity index is 400. The van der Waals surface area contributed by atoms with Gasteiger partial charge in [0.2, 0.25) is 11.8 Å². The first-order chi connectivity index (χ1) is 9.13. The van der Waals surface area contributed by atoms with E-state index in [9.17, 15) is 9.59 Å². The average molecular weight is 265 g/mol. The van der Waals surface area contributed by atoms with Crippen molar-refractivity contribution in [1.82, 2.24) is 10.2 Å². The van der Waals surface area contributed by atoms with Crippen molar-refractivity contribution in [3.8, 4) is 12.3 Å². The molecule has 0 aromatic carbocycles. The minimum absolute atomic E-state index is 0.163. The second-order valence-electron chi connectivity index (χ2n) is 4.92. The van der Waals surface area contributed by atoms with Gasteiger partial charge >= 0.3 is 0 Å². The van der Waals surface area contributed by atoms with Crippen LogP contribution in [0.15, 0.2) is 0 Å². The molecule has 1 aliphatic heterocycles. The highest BCUT2D eigenvalue weighted by Crippen LogP contribution is 2.20. The van der Waals surface area contributed by atoms with Gasteiger partial charge in [-0.05, 0) is 12.8 Å². The van der Waals surface area contributed by atoms with Crippen LogP contribution in [0, 0.1) is 12.3 Å². The van der Waals surface area contributed by atoms with Crippen LogP contribution in [0.1, 0.15) is 19.3 Å². The second kappa shape index (κ2) is 6.04. The minimum atomic E-state index is -0.751. The lowest BCUT2D eigenvalue weighted by atomic mass is 10.1. The Labute approximate surface area is 112 Å². The Kier molecular flexibility index (Phi) is 4.40. The Hall–Kier alpha value is -1.58. The summed E-state index contributed by atoms with van der Waals surface area (Å²) in [5, 5.41) is 2.89. The van der Waals surface area contributed by atoms with Crippen molar-refractivity contribution in [2.75, 3.05) is 19.8 Å². The maximum Gasteiger partial charge on any atom is 0.245 e. The van der Waals surface area contributed by atoms with E-state index in [0.717, 1.165) is 12.8 Å². The smallest absolute Gasteiger partial charge is 0.245 e. The third-order valence-corrected chi connectivity index (χ3v) is 3.29. The number of terminal acetylenes is 1. The maximum absolute atomic E-state index is 12.2. The van der Waals surface area contributed by atoms with Gasteiger partial charge in [-0.3, -0.25) is 9.59 Å². The summed E-state index contributed by atoms with van der Waals surface area (Å²) in [5.41, 5.74) is 5.73. The Morgan fingerprint density at radius 1 is 1.53 bits per heavy atom. The van der Waals surface area contributed by atoms with Crippen molar-refractivity contribution >= 4 is 11.8 Å². The summed E-state index contributed by atoms with van der Waals surface area (Å²) in [7, 11) is 0. The molecule has 6 heteroatoms. The average Bonchev–Trinajstić information content (AvgIpc) is 3.22. The molecule has 2 fully saturated rings. The molecular formula is C13H19N3O3. The lowest BCUT2D eigenvalue weighted by Crippen LogP contribution is -2.59. The topological polar surface area (TPSA) is 84.7 Å². The summed E-state index contributed by atoms with van der Waals surface area (Å²) in [6.45, 7) is 1.01. The van der Waals surface area contributed by atoms with Crippen LogP contribution in [0.25, 0.3) is 0 Å². The zero-order chi connectivity index (χ0) is 13.8. The summed E-state index contributed by atoms with van der Waals surface area (Å²) in [6, 6.07) is -1.09. The van der Waals surface area contributed by atoms with Crippen LogP contribution in [-0.4, -0.2) is 54.6 Å². The number of amides is 2. The predicted molar refractivity (Wildman–Crippen MR) is 68.9 cm³/mol. The van der Waals surface area contributed by atoms with Gasteiger partial charge in [-0.15, -0.1) is 12.3 Å². The summed E-state index contributed by atoms with van der Waals surface area (Å²) in [6.07, 6.45) is 7.34. The van der Waals surface area contributed by atoms with Crippen LogP contribution < -0.4 is 11.1 Å². The van der Waals surface area contributed by atoms with Crippen molar-refractivity contribution in [2.45, 2.75) is 37.4 Å². The number of rotatable bonds is 4. The van der Waals surface area contributed by atoms with Gasteiger partial charge in [0, 0.05) is 19.0 Å². The van der Waals surface area contributed by atoms with E-state index >= 15 is 0 Å². The molecule has 6 nitrogen and oxygen atoms in total. The molecule has 19 heavy (non-hydrogen) atoms. The van der Waals surface area contributed by atoms with Crippen LogP contribution in [0.3, 0.4) is 0 Å². The molecule has 2 rings (SSSR count). The van der Waals surface area contributed by atoms with E-state index in [1.54, 1.807) is 0 Å². The Balaban J connectivity index is 2.00. The number of morpholine rings is 1. The molecule has 104 valence electrons. The van der Waals surface area contributed by atoms with Gasteiger partial charge in [-0.2, -0.15) is 0 Å². The van der Waals surface area contributed by atoms with E-state index in [0.29, 0.717) is 13.2 Å². The monoisotopic (exact) mass is 265 g/mol. The quantitative estimate of drug-likeness (QED) is 0.628. The number of hydrogen-bond acceptors (Lipinski definition) is 4. The molecule has 0 radical (unpaired) electrons. The standard InChI is InChI=1S/C13H19N3O3/c1-2-3-10(14)13(18)16-6-7-19-8-11(16)12(17)15-9-4-5-9/h1,9-11H,3-8,14H2,(H,15,17). The molecule has 3 N–H and O–H groups in total. The number of ether oxygens (including phenoxy) is 1. The molecule has 1 saturated carbocycles. The predicted octanol–water partition coefficient (Wildman–Crippen LogP) is -1.16. The van der Waals surface area contributed by atoms with Crippen molar-refractivity contribution in [3.05, 3.63) is 0 Å². The fourth-order valence-corrected chi connectivity index (χ4v) is 2.04. The van der Waals surface area contributed by atoms with Crippen molar-refractivity contribution in [3.63, 3.8) is 0 Å². The van der Waals surface area contributed by atoms with Gasteiger partial charge in [0.1, 0.15) is 6.04 Å². The third kappa shape index (κ3) is 3.46. The molecule has 1 saturated heterocycles. The number of carbonyl (C=O) groups excluding carboxylic acids is 2. The molecule has 0 aromatic heterocycles. The zero-order valence-corrected chi connectivity index (χ0v) is 10.8. The molecule has 0 spiro atoms. The Morgan fingerprint density at radius 3 is 2.89 bits per heavy atom. The molecule has 2 aliphatic rings. The second-order valence-corrected chi connectivity index (χ2v) is 4.92.